The molecule has 0 spiro atoms. The molecule has 170 valence electrons. The van der Waals surface area contributed by atoms with E-state index in [1.54, 1.807) is 6.07 Å². The van der Waals surface area contributed by atoms with Crippen LogP contribution in [0.25, 0.3) is 6.08 Å². The lowest BCUT2D eigenvalue weighted by molar-refractivity contribution is -0.143. The summed E-state index contributed by atoms with van der Waals surface area (Å²) in [7, 11) is 1.40. The molecule has 2 N–H and O–H groups in total. The Balaban J connectivity index is 2.39. The number of phenolic OH excluding ortho intramolecular Hbond substituents is 1. The number of phenols is 1. The van der Waals surface area contributed by atoms with Gasteiger partial charge < -0.3 is 14.9 Å². The lowest BCUT2D eigenvalue weighted by Crippen LogP contribution is -2.47. The zero-order valence-corrected chi connectivity index (χ0v) is 18.8. The van der Waals surface area contributed by atoms with Crippen molar-refractivity contribution in [1.82, 2.24) is 0 Å². The van der Waals surface area contributed by atoms with Crippen molar-refractivity contribution in [3.63, 3.8) is 0 Å². The number of rotatable bonds is 10. The molecule has 1 aromatic carbocycles. The average Bonchev–Trinajstić information content (AvgIpc) is 2.72. The largest absolute Gasteiger partial charge is 0.511 e. The molecule has 0 radical (unpaired) electrons. The number of benzene rings is 1. The first-order chi connectivity index (χ1) is 15.0. The zero-order chi connectivity index (χ0) is 24.1. The van der Waals surface area contributed by atoms with E-state index in [4.69, 9.17) is 4.74 Å². The van der Waals surface area contributed by atoms with Crippen LogP contribution in [0.1, 0.15) is 45.1 Å². The minimum Gasteiger partial charge on any atom is -0.511 e. The molecular weight excluding hydrogens is 408 g/mol. The number of Topliss-reactive ketones (excluding diaryl/α,β-unsaturated/α-hetero) is 1. The van der Waals surface area contributed by atoms with Crippen LogP contribution in [0.5, 0.6) is 11.5 Å². The summed E-state index contributed by atoms with van der Waals surface area (Å²) in [6.07, 6.45) is 5.09. The Morgan fingerprint density at radius 1 is 1.12 bits per heavy atom. The van der Waals surface area contributed by atoms with E-state index in [0.29, 0.717) is 18.4 Å². The van der Waals surface area contributed by atoms with Crippen molar-refractivity contribution in [2.24, 2.45) is 11.3 Å². The number of aliphatic hydroxyl groups is 1. The Hall–Kier alpha value is -3.41. The molecule has 1 unspecified atom stereocenters. The van der Waals surface area contributed by atoms with Gasteiger partial charge in [0.2, 0.25) is 0 Å². The average molecular weight is 439 g/mol. The van der Waals surface area contributed by atoms with Crippen molar-refractivity contribution < 1.29 is 29.3 Å². The van der Waals surface area contributed by atoms with E-state index in [1.165, 1.54) is 31.4 Å². The molecule has 1 aliphatic carbocycles. The van der Waals surface area contributed by atoms with E-state index in [-0.39, 0.29) is 30.1 Å². The maximum Gasteiger partial charge on any atom is 0.177 e. The summed E-state index contributed by atoms with van der Waals surface area (Å²) in [4.78, 5) is 39.0. The minimum atomic E-state index is -1.52. The van der Waals surface area contributed by atoms with E-state index in [2.05, 4.69) is 13.2 Å². The predicted molar refractivity (Wildman–Crippen MR) is 123 cm³/mol. The second kappa shape index (κ2) is 10.3. The highest BCUT2D eigenvalue weighted by Crippen LogP contribution is 2.44. The van der Waals surface area contributed by atoms with Gasteiger partial charge in [-0.15, -0.1) is 13.2 Å². The van der Waals surface area contributed by atoms with Gasteiger partial charge in [0.1, 0.15) is 11.7 Å². The van der Waals surface area contributed by atoms with Gasteiger partial charge in [-0.3, -0.25) is 14.4 Å². The number of methoxy groups -OCH3 is 1. The normalized spacial score (nSPS) is 17.8. The van der Waals surface area contributed by atoms with Gasteiger partial charge in [-0.05, 0) is 63.3 Å². The fourth-order valence-electron chi connectivity index (χ4n) is 3.71. The first-order valence-corrected chi connectivity index (χ1v) is 10.4. The van der Waals surface area contributed by atoms with Crippen molar-refractivity contribution >= 4 is 23.4 Å². The van der Waals surface area contributed by atoms with Crippen molar-refractivity contribution in [2.75, 3.05) is 7.11 Å². The Bertz CT molecular complexity index is 993. The van der Waals surface area contributed by atoms with Crippen LogP contribution in [0.15, 0.2) is 60.4 Å². The number of ether oxygens (including phenoxy) is 1. The number of allylic oxidation sites excluding steroid dienone is 5. The van der Waals surface area contributed by atoms with Gasteiger partial charge in [0.15, 0.2) is 28.8 Å². The van der Waals surface area contributed by atoms with E-state index in [0.717, 1.165) is 17.2 Å². The van der Waals surface area contributed by atoms with Crippen molar-refractivity contribution in [3.05, 3.63) is 66.0 Å². The van der Waals surface area contributed by atoms with Crippen LogP contribution < -0.4 is 4.74 Å². The highest BCUT2D eigenvalue weighted by molar-refractivity contribution is 6.28. The molecule has 0 heterocycles. The Morgan fingerprint density at radius 2 is 1.72 bits per heavy atom. The molecule has 0 fully saturated rings. The van der Waals surface area contributed by atoms with E-state index < -0.39 is 28.7 Å². The fourth-order valence-corrected chi connectivity index (χ4v) is 3.71. The molecule has 0 aromatic heterocycles. The summed E-state index contributed by atoms with van der Waals surface area (Å²) in [5, 5.41) is 20.4. The van der Waals surface area contributed by atoms with Crippen molar-refractivity contribution in [1.29, 1.82) is 0 Å². The third-order valence-corrected chi connectivity index (χ3v) is 5.67. The SMILES string of the molecule is C=C(C)CCC1(CCC(=C)C)C(=O)C(C(=O)C=Cc2ccc(O)c(OC)c2)C(=O)C=C1O. The maximum atomic E-state index is 13.5. The van der Waals surface area contributed by atoms with Crippen molar-refractivity contribution in [3.8, 4) is 11.5 Å². The molecule has 0 saturated carbocycles. The summed E-state index contributed by atoms with van der Waals surface area (Å²) in [6.45, 7) is 11.4. The van der Waals surface area contributed by atoms with Gasteiger partial charge in [-0.2, -0.15) is 0 Å². The molecule has 0 amide bonds. The van der Waals surface area contributed by atoms with Crippen LogP contribution >= 0.6 is 0 Å². The quantitative estimate of drug-likeness (QED) is 0.306. The predicted octanol–water partition coefficient (Wildman–Crippen LogP) is 4.89. The number of carbonyl (C=O) groups excluding carboxylic acids is 3. The van der Waals surface area contributed by atoms with Crippen LogP contribution in [-0.2, 0) is 14.4 Å². The topological polar surface area (TPSA) is 101 Å². The second-order valence-corrected chi connectivity index (χ2v) is 8.39. The molecule has 1 atom stereocenters. The summed E-state index contributed by atoms with van der Waals surface area (Å²) in [6, 6.07) is 4.52. The molecule has 0 bridgehead atoms. The van der Waals surface area contributed by atoms with Gasteiger partial charge in [0, 0.05) is 6.08 Å². The third-order valence-electron chi connectivity index (χ3n) is 5.67. The maximum absolute atomic E-state index is 13.5. The number of hydrogen-bond acceptors (Lipinski definition) is 6. The second-order valence-electron chi connectivity index (χ2n) is 8.39. The molecule has 0 aliphatic heterocycles. The summed E-state index contributed by atoms with van der Waals surface area (Å²) in [5.74, 6) is -3.62. The summed E-state index contributed by atoms with van der Waals surface area (Å²) in [5.41, 5.74) is 0.891. The van der Waals surface area contributed by atoms with Gasteiger partial charge in [-0.1, -0.05) is 23.3 Å². The number of carbonyl (C=O) groups is 3. The minimum absolute atomic E-state index is 0.0472. The summed E-state index contributed by atoms with van der Waals surface area (Å²) < 4.78 is 5.05. The number of aliphatic hydroxyl groups excluding tert-OH is 1. The lowest BCUT2D eigenvalue weighted by atomic mass is 9.64. The zero-order valence-electron chi connectivity index (χ0n) is 18.8. The van der Waals surface area contributed by atoms with Crippen LogP contribution in [0.2, 0.25) is 0 Å². The third kappa shape index (κ3) is 5.44. The number of ketones is 3. The van der Waals surface area contributed by atoms with E-state index >= 15 is 0 Å². The molecule has 32 heavy (non-hydrogen) atoms. The van der Waals surface area contributed by atoms with E-state index in [9.17, 15) is 24.6 Å². The van der Waals surface area contributed by atoms with Gasteiger partial charge >= 0.3 is 0 Å². The molecule has 2 rings (SSSR count). The van der Waals surface area contributed by atoms with Crippen molar-refractivity contribution in [2.45, 2.75) is 39.5 Å². The molecule has 0 saturated heterocycles. The number of aromatic hydroxyl groups is 1. The highest BCUT2D eigenvalue weighted by Gasteiger charge is 2.51. The van der Waals surface area contributed by atoms with E-state index in [1.807, 2.05) is 13.8 Å². The Morgan fingerprint density at radius 3 is 2.25 bits per heavy atom. The molecule has 1 aromatic rings. The van der Waals surface area contributed by atoms with Crippen LogP contribution in [-0.4, -0.2) is 34.7 Å². The monoisotopic (exact) mass is 438 g/mol. The van der Waals surface area contributed by atoms with Crippen LogP contribution in [0, 0.1) is 11.3 Å². The van der Waals surface area contributed by atoms with Crippen LogP contribution in [0.4, 0.5) is 0 Å². The number of hydrogen-bond donors (Lipinski definition) is 2. The fraction of sp³-hybridized carbons (Fsp3) is 0.346. The summed E-state index contributed by atoms with van der Waals surface area (Å²) >= 11 is 0. The Kier molecular flexibility index (Phi) is 7.97. The molecule has 1 aliphatic rings. The molecular formula is C26H30O6. The first kappa shape index (κ1) is 24.9. The van der Waals surface area contributed by atoms with Gasteiger partial charge in [0.05, 0.1) is 12.5 Å². The van der Waals surface area contributed by atoms with Crippen LogP contribution in [0.3, 0.4) is 0 Å². The first-order valence-electron chi connectivity index (χ1n) is 10.4. The lowest BCUT2D eigenvalue weighted by Gasteiger charge is -2.37. The highest BCUT2D eigenvalue weighted by atomic mass is 16.5. The standard InChI is InChI=1S/C26H30O6/c1-16(2)10-12-26(13-11-17(3)4)23(30)15-21(29)24(25(26)31)20(28)9-7-18-6-8-19(27)22(14-18)32-5/h6-9,14-15,24,27,30H,1,3,10-13H2,2,4-5H3. The van der Waals surface area contributed by atoms with Gasteiger partial charge in [-0.25, -0.2) is 0 Å². The van der Waals surface area contributed by atoms with Gasteiger partial charge in [0.25, 0.3) is 0 Å². The molecule has 6 nitrogen and oxygen atoms in total. The molecule has 6 heteroatoms. The smallest absolute Gasteiger partial charge is 0.177 e. The Labute approximate surface area is 188 Å².